The predicted octanol–water partition coefficient (Wildman–Crippen LogP) is 7.62. The van der Waals surface area contributed by atoms with E-state index in [-0.39, 0.29) is 25.9 Å². The minimum Gasteiger partial charge on any atom is -0.496 e. The van der Waals surface area contributed by atoms with Crippen LogP contribution in [0.1, 0.15) is 36.8 Å². The van der Waals surface area contributed by atoms with Crippen molar-refractivity contribution in [1.82, 2.24) is 15.1 Å². The van der Waals surface area contributed by atoms with Crippen LogP contribution in [-0.2, 0) is 22.6 Å². The molecule has 0 bridgehead atoms. The van der Waals surface area contributed by atoms with Crippen LogP contribution in [0.15, 0.2) is 48.5 Å². The number of carboxylic acid groups (broad SMARTS) is 1. The zero-order valence-electron chi connectivity index (χ0n) is 29.4. The second-order valence-corrected chi connectivity index (χ2v) is 13.8. The number of benzene rings is 3. The molecular weight excluding hydrogens is 737 g/mol. The summed E-state index contributed by atoms with van der Waals surface area (Å²) in [6.07, 6.45) is -16.5. The van der Waals surface area contributed by atoms with Crippen molar-refractivity contribution in [2.24, 2.45) is 11.3 Å². The van der Waals surface area contributed by atoms with E-state index in [0.29, 0.717) is 51.1 Å². The van der Waals surface area contributed by atoms with Crippen molar-refractivity contribution in [3.05, 3.63) is 59.7 Å². The van der Waals surface area contributed by atoms with Crippen molar-refractivity contribution >= 4 is 22.6 Å². The molecule has 2 aliphatic rings. The minimum atomic E-state index is -5.16. The number of methoxy groups -OCH3 is 2. The molecule has 296 valence electrons. The molecule has 5 rings (SSSR count). The van der Waals surface area contributed by atoms with Crippen LogP contribution in [0.5, 0.6) is 11.5 Å². The molecule has 0 aliphatic carbocycles. The van der Waals surface area contributed by atoms with Crippen LogP contribution in [0.4, 0.5) is 39.5 Å². The highest BCUT2D eigenvalue weighted by atomic mass is 19.4. The van der Waals surface area contributed by atoms with E-state index in [0.717, 1.165) is 4.90 Å². The van der Waals surface area contributed by atoms with Crippen LogP contribution in [0, 0.1) is 11.3 Å². The number of piperidine rings is 2. The van der Waals surface area contributed by atoms with Gasteiger partial charge in [-0.2, -0.15) is 39.5 Å². The fourth-order valence-electron chi connectivity index (χ4n) is 7.52. The molecule has 1 atom stereocenters. The Bertz CT molecular complexity index is 1810. The molecule has 2 heterocycles. The van der Waals surface area contributed by atoms with Crippen LogP contribution < -0.4 is 14.8 Å². The van der Waals surface area contributed by atoms with Gasteiger partial charge in [0.05, 0.1) is 32.2 Å². The molecule has 2 N–H and O–H groups in total. The Hall–Kier alpha value is -4.25. The van der Waals surface area contributed by atoms with Crippen LogP contribution in [0.2, 0.25) is 0 Å². The normalized spacial score (nSPS) is 18.4. The molecule has 0 radical (unpaired) electrons. The summed E-state index contributed by atoms with van der Waals surface area (Å²) < 4.78 is 133. The maximum absolute atomic E-state index is 14.4. The number of ether oxygens (including phenoxy) is 2. The summed E-state index contributed by atoms with van der Waals surface area (Å²) in [7, 11) is 2.90. The number of likely N-dealkylation sites (tertiary alicyclic amines) is 2. The van der Waals surface area contributed by atoms with Crippen LogP contribution >= 0.6 is 0 Å². The second-order valence-electron chi connectivity index (χ2n) is 13.8. The molecule has 3 aromatic carbocycles. The molecule has 2 saturated heterocycles. The van der Waals surface area contributed by atoms with E-state index in [9.17, 15) is 54.2 Å². The number of hydrogen-bond donors (Lipinski definition) is 2. The lowest BCUT2D eigenvalue weighted by Crippen LogP contribution is -2.59. The van der Waals surface area contributed by atoms with Gasteiger partial charge in [-0.15, -0.1) is 0 Å². The SMILES string of the molecule is COc1ccc(CN2CCC(C(F)(F)F)CC2)c(OC)c1-c1cccc2c(C[C@H](NC(=O)C3(C(F)(F)F)CCN(CC(F)(F)F)CC3)C(=O)O)cccc12. The van der Waals surface area contributed by atoms with Gasteiger partial charge in [0.1, 0.15) is 23.0 Å². The van der Waals surface area contributed by atoms with E-state index in [1.807, 2.05) is 10.2 Å². The third kappa shape index (κ3) is 8.82. The van der Waals surface area contributed by atoms with E-state index < -0.39 is 86.7 Å². The van der Waals surface area contributed by atoms with Crippen molar-refractivity contribution in [2.45, 2.75) is 63.2 Å². The van der Waals surface area contributed by atoms with Crippen molar-refractivity contribution < 1.29 is 63.7 Å². The van der Waals surface area contributed by atoms with E-state index >= 15 is 0 Å². The summed E-state index contributed by atoms with van der Waals surface area (Å²) >= 11 is 0. The standard InChI is InChI=1S/C37H40F9N3O5/c1-53-29-10-9-23(20-48-15-11-24(12-16-48)36(41,42)43)31(54-2)30(29)27-8-4-6-25-22(5-3-7-26(25)27)19-28(32(50)51)47-33(52)34(37(44,45)46)13-17-49(18-14-34)21-35(38,39)40/h3-10,24,28H,11-21H2,1-2H3,(H,47,52)(H,50,51)/t28-/m0/s1. The van der Waals surface area contributed by atoms with Crippen molar-refractivity contribution in [1.29, 1.82) is 0 Å². The Labute approximate surface area is 305 Å². The Morgan fingerprint density at radius 1 is 0.833 bits per heavy atom. The summed E-state index contributed by atoms with van der Waals surface area (Å²) in [5.41, 5.74) is -0.940. The van der Waals surface area contributed by atoms with Gasteiger partial charge in [0.25, 0.3) is 0 Å². The maximum Gasteiger partial charge on any atom is 0.403 e. The van der Waals surface area contributed by atoms with E-state index in [4.69, 9.17) is 9.47 Å². The van der Waals surface area contributed by atoms with Gasteiger partial charge >= 0.3 is 24.5 Å². The summed E-state index contributed by atoms with van der Waals surface area (Å²) in [6, 6.07) is 11.7. The number of rotatable bonds is 11. The number of halogens is 9. The number of carbonyl (C=O) groups is 2. The second kappa shape index (κ2) is 15.8. The molecule has 8 nitrogen and oxygen atoms in total. The maximum atomic E-state index is 14.4. The van der Waals surface area contributed by atoms with Crippen LogP contribution in [0.3, 0.4) is 0 Å². The molecule has 54 heavy (non-hydrogen) atoms. The van der Waals surface area contributed by atoms with Crippen molar-refractivity contribution in [2.75, 3.05) is 46.9 Å². The Balaban J connectivity index is 1.44. The lowest BCUT2D eigenvalue weighted by Gasteiger charge is -2.42. The molecule has 2 aliphatic heterocycles. The highest BCUT2D eigenvalue weighted by Gasteiger charge is 2.61. The highest BCUT2D eigenvalue weighted by molar-refractivity contribution is 6.01. The van der Waals surface area contributed by atoms with E-state index in [1.165, 1.54) is 14.2 Å². The quantitative estimate of drug-likeness (QED) is 0.194. The third-order valence-corrected chi connectivity index (χ3v) is 10.5. The number of nitrogens with one attached hydrogen (secondary N) is 1. The van der Waals surface area contributed by atoms with Gasteiger partial charge in [-0.1, -0.05) is 42.5 Å². The molecule has 0 spiro atoms. The summed E-state index contributed by atoms with van der Waals surface area (Å²) in [4.78, 5) is 28.4. The van der Waals surface area contributed by atoms with Gasteiger partial charge in [0.2, 0.25) is 5.91 Å². The predicted molar refractivity (Wildman–Crippen MR) is 180 cm³/mol. The molecule has 3 aromatic rings. The van der Waals surface area contributed by atoms with Crippen molar-refractivity contribution in [3.8, 4) is 22.6 Å². The molecule has 2 fully saturated rings. The van der Waals surface area contributed by atoms with Gasteiger partial charge in [-0.3, -0.25) is 14.6 Å². The Morgan fingerprint density at radius 2 is 1.46 bits per heavy atom. The summed E-state index contributed by atoms with van der Waals surface area (Å²) in [6.45, 7) is -2.01. The monoisotopic (exact) mass is 777 g/mol. The first-order valence-electron chi connectivity index (χ1n) is 17.2. The smallest absolute Gasteiger partial charge is 0.403 e. The number of alkyl halides is 9. The number of aliphatic carboxylic acids is 1. The molecule has 17 heteroatoms. The highest BCUT2D eigenvalue weighted by Crippen LogP contribution is 2.48. The zero-order chi connectivity index (χ0) is 39.6. The summed E-state index contributed by atoms with van der Waals surface area (Å²) in [5.74, 6) is -3.79. The zero-order valence-corrected chi connectivity index (χ0v) is 29.4. The number of carboxylic acids is 1. The van der Waals surface area contributed by atoms with Gasteiger partial charge in [0.15, 0.2) is 0 Å². The first-order valence-corrected chi connectivity index (χ1v) is 17.2. The van der Waals surface area contributed by atoms with Crippen LogP contribution in [-0.4, -0.2) is 98.3 Å². The molecule has 0 saturated carbocycles. The van der Waals surface area contributed by atoms with Gasteiger partial charge in [-0.05, 0) is 79.8 Å². The number of carbonyl (C=O) groups excluding carboxylic acids is 1. The third-order valence-electron chi connectivity index (χ3n) is 10.5. The topological polar surface area (TPSA) is 91.3 Å². The average molecular weight is 778 g/mol. The average Bonchev–Trinajstić information content (AvgIpc) is 3.10. The van der Waals surface area contributed by atoms with Gasteiger partial charge in [0, 0.05) is 18.5 Å². The molecular formula is C37H40F9N3O5. The van der Waals surface area contributed by atoms with Crippen LogP contribution in [0.25, 0.3) is 21.9 Å². The minimum absolute atomic E-state index is 0.0313. The van der Waals surface area contributed by atoms with Crippen molar-refractivity contribution in [3.63, 3.8) is 0 Å². The summed E-state index contributed by atoms with van der Waals surface area (Å²) in [5, 5.41) is 13.2. The number of amides is 1. The number of nitrogens with zero attached hydrogens (tertiary/aromatic N) is 2. The van der Waals surface area contributed by atoms with Gasteiger partial charge in [-0.25, -0.2) is 4.79 Å². The first-order chi connectivity index (χ1) is 25.3. The molecule has 1 amide bonds. The van der Waals surface area contributed by atoms with E-state index in [2.05, 4.69) is 0 Å². The lowest BCUT2D eigenvalue weighted by molar-refractivity contribution is -0.236. The molecule has 0 unspecified atom stereocenters. The number of fused-ring (bicyclic) bond motifs is 1. The molecule has 0 aromatic heterocycles. The van der Waals surface area contributed by atoms with E-state index in [1.54, 1.807) is 48.5 Å². The first kappa shape index (κ1) is 40.9. The number of hydrogen-bond acceptors (Lipinski definition) is 6. The lowest BCUT2D eigenvalue weighted by atomic mass is 9.76. The largest absolute Gasteiger partial charge is 0.496 e. The van der Waals surface area contributed by atoms with Gasteiger partial charge < -0.3 is 19.9 Å². The Kier molecular flexibility index (Phi) is 12.0. The fraction of sp³-hybridized carbons (Fsp3) is 0.514. The fourth-order valence-corrected chi connectivity index (χ4v) is 7.52. The Morgan fingerprint density at radius 3 is 2.02 bits per heavy atom.